The zero-order chi connectivity index (χ0) is 13.2. The Hall–Kier alpha value is -1.02. The highest BCUT2D eigenvalue weighted by Gasteiger charge is 2.23. The largest absolute Gasteiger partial charge is 0.389 e. The van der Waals surface area contributed by atoms with E-state index in [4.69, 9.17) is 0 Å². The Labute approximate surface area is 111 Å². The minimum absolute atomic E-state index is 0.373. The van der Waals surface area contributed by atoms with Gasteiger partial charge in [0.15, 0.2) is 0 Å². The number of aliphatic hydroxyl groups is 1. The SMILES string of the molecule is C[C@@H](O)c1ccc(N2CCCC(C)(C)CC2)cc1. The van der Waals surface area contributed by atoms with Gasteiger partial charge in [0.1, 0.15) is 0 Å². The molecule has 0 unspecified atom stereocenters. The van der Waals surface area contributed by atoms with Crippen molar-refractivity contribution in [1.29, 1.82) is 0 Å². The highest BCUT2D eigenvalue weighted by atomic mass is 16.3. The Morgan fingerprint density at radius 1 is 1.11 bits per heavy atom. The average Bonchev–Trinajstić information content (AvgIpc) is 2.50. The molecule has 2 nitrogen and oxygen atoms in total. The van der Waals surface area contributed by atoms with Gasteiger partial charge in [-0.15, -0.1) is 0 Å². The summed E-state index contributed by atoms with van der Waals surface area (Å²) in [5.41, 5.74) is 2.76. The number of anilines is 1. The van der Waals surface area contributed by atoms with Crippen LogP contribution in [0.2, 0.25) is 0 Å². The summed E-state index contributed by atoms with van der Waals surface area (Å²) in [5, 5.41) is 9.52. The second-order valence-electron chi connectivity index (χ2n) is 6.27. The molecule has 1 N–H and O–H groups in total. The third-order valence-electron chi connectivity index (χ3n) is 4.08. The Morgan fingerprint density at radius 3 is 2.39 bits per heavy atom. The first-order chi connectivity index (χ1) is 8.48. The summed E-state index contributed by atoms with van der Waals surface area (Å²) in [6.07, 6.45) is 3.47. The van der Waals surface area contributed by atoms with E-state index in [0.717, 1.165) is 18.7 Å². The van der Waals surface area contributed by atoms with Crippen molar-refractivity contribution in [1.82, 2.24) is 0 Å². The van der Waals surface area contributed by atoms with Crippen LogP contribution < -0.4 is 4.90 Å². The lowest BCUT2D eigenvalue weighted by Gasteiger charge is -2.25. The number of aliphatic hydroxyl groups excluding tert-OH is 1. The molecule has 0 bridgehead atoms. The van der Waals surface area contributed by atoms with Crippen molar-refractivity contribution >= 4 is 5.69 Å². The van der Waals surface area contributed by atoms with Crippen molar-refractivity contribution in [2.24, 2.45) is 5.41 Å². The summed E-state index contributed by atoms with van der Waals surface area (Å²) in [7, 11) is 0. The number of hydrogen-bond acceptors (Lipinski definition) is 2. The van der Waals surface area contributed by atoms with Crippen molar-refractivity contribution in [3.05, 3.63) is 29.8 Å². The van der Waals surface area contributed by atoms with Crippen LogP contribution in [0, 0.1) is 5.41 Å². The first-order valence-corrected chi connectivity index (χ1v) is 7.01. The molecule has 0 saturated carbocycles. The molecule has 1 aromatic carbocycles. The van der Waals surface area contributed by atoms with E-state index < -0.39 is 0 Å². The molecule has 0 spiro atoms. The Kier molecular flexibility index (Phi) is 3.96. The van der Waals surface area contributed by atoms with Crippen LogP contribution >= 0.6 is 0 Å². The number of nitrogens with zero attached hydrogens (tertiary/aromatic N) is 1. The van der Waals surface area contributed by atoms with Crippen molar-refractivity contribution in [2.45, 2.75) is 46.1 Å². The average molecular weight is 247 g/mol. The molecule has 0 aliphatic carbocycles. The predicted molar refractivity (Wildman–Crippen MR) is 76.9 cm³/mol. The quantitative estimate of drug-likeness (QED) is 0.860. The monoisotopic (exact) mass is 247 g/mol. The van der Waals surface area contributed by atoms with Crippen LogP contribution in [0.15, 0.2) is 24.3 Å². The molecule has 1 aromatic rings. The smallest absolute Gasteiger partial charge is 0.0761 e. The summed E-state index contributed by atoms with van der Waals surface area (Å²) in [6.45, 7) is 8.84. The lowest BCUT2D eigenvalue weighted by atomic mass is 9.85. The van der Waals surface area contributed by atoms with Gasteiger partial charge in [-0.2, -0.15) is 0 Å². The van der Waals surface area contributed by atoms with E-state index in [9.17, 15) is 5.11 Å². The van der Waals surface area contributed by atoms with Gasteiger partial charge in [-0.3, -0.25) is 0 Å². The molecule has 1 heterocycles. The lowest BCUT2D eigenvalue weighted by Crippen LogP contribution is -2.24. The van der Waals surface area contributed by atoms with Crippen LogP contribution in [0.4, 0.5) is 5.69 Å². The van der Waals surface area contributed by atoms with E-state index >= 15 is 0 Å². The van der Waals surface area contributed by atoms with Gasteiger partial charge in [0, 0.05) is 18.8 Å². The highest BCUT2D eigenvalue weighted by Crippen LogP contribution is 2.31. The molecule has 2 rings (SSSR count). The van der Waals surface area contributed by atoms with E-state index in [1.807, 2.05) is 19.1 Å². The highest BCUT2D eigenvalue weighted by molar-refractivity contribution is 5.48. The standard InChI is InChI=1S/C16H25NO/c1-13(18)14-5-7-15(8-6-14)17-11-4-9-16(2,3)10-12-17/h5-8,13,18H,4,9-12H2,1-3H3/t13-/m1/s1. The Bertz CT molecular complexity index is 381. The molecule has 100 valence electrons. The molecule has 1 fully saturated rings. The maximum absolute atomic E-state index is 9.52. The summed E-state index contributed by atoms with van der Waals surface area (Å²) < 4.78 is 0. The van der Waals surface area contributed by atoms with Crippen molar-refractivity contribution in [2.75, 3.05) is 18.0 Å². The number of hydrogen-bond donors (Lipinski definition) is 1. The van der Waals surface area contributed by atoms with Crippen molar-refractivity contribution in [3.8, 4) is 0 Å². The summed E-state index contributed by atoms with van der Waals surface area (Å²) in [4.78, 5) is 2.47. The zero-order valence-electron chi connectivity index (χ0n) is 11.8. The van der Waals surface area contributed by atoms with Crippen LogP contribution in [0.1, 0.15) is 51.7 Å². The van der Waals surface area contributed by atoms with E-state index in [2.05, 4.69) is 30.9 Å². The van der Waals surface area contributed by atoms with Crippen LogP contribution in [-0.4, -0.2) is 18.2 Å². The van der Waals surface area contributed by atoms with Crippen LogP contribution in [0.5, 0.6) is 0 Å². The molecule has 0 radical (unpaired) electrons. The van der Waals surface area contributed by atoms with Crippen molar-refractivity contribution < 1.29 is 5.11 Å². The van der Waals surface area contributed by atoms with Crippen LogP contribution in [-0.2, 0) is 0 Å². The third-order valence-corrected chi connectivity index (χ3v) is 4.08. The normalized spacial score (nSPS) is 21.4. The van der Waals surface area contributed by atoms with Gasteiger partial charge in [0.05, 0.1) is 6.10 Å². The predicted octanol–water partition coefficient (Wildman–Crippen LogP) is 3.76. The maximum Gasteiger partial charge on any atom is 0.0761 e. The van der Waals surface area contributed by atoms with Crippen molar-refractivity contribution in [3.63, 3.8) is 0 Å². The topological polar surface area (TPSA) is 23.5 Å². The van der Waals surface area contributed by atoms with Gasteiger partial charge in [-0.05, 0) is 49.3 Å². The molecule has 18 heavy (non-hydrogen) atoms. The molecule has 0 aromatic heterocycles. The Balaban J connectivity index is 2.07. The molecule has 1 saturated heterocycles. The molecule has 0 amide bonds. The minimum Gasteiger partial charge on any atom is -0.389 e. The van der Waals surface area contributed by atoms with Gasteiger partial charge in [0.2, 0.25) is 0 Å². The minimum atomic E-state index is -0.373. The number of rotatable bonds is 2. The van der Waals surface area contributed by atoms with E-state index in [1.165, 1.54) is 24.9 Å². The summed E-state index contributed by atoms with van der Waals surface area (Å²) >= 11 is 0. The lowest BCUT2D eigenvalue weighted by molar-refractivity contribution is 0.199. The second kappa shape index (κ2) is 5.31. The second-order valence-corrected chi connectivity index (χ2v) is 6.27. The van der Waals surface area contributed by atoms with E-state index in [1.54, 1.807) is 0 Å². The van der Waals surface area contributed by atoms with Crippen LogP contribution in [0.25, 0.3) is 0 Å². The first kappa shape index (κ1) is 13.4. The molecule has 1 atom stereocenters. The zero-order valence-corrected chi connectivity index (χ0v) is 11.8. The fraction of sp³-hybridized carbons (Fsp3) is 0.625. The molecular weight excluding hydrogens is 222 g/mol. The first-order valence-electron chi connectivity index (χ1n) is 7.01. The fourth-order valence-corrected chi connectivity index (χ4v) is 2.64. The van der Waals surface area contributed by atoms with Gasteiger partial charge >= 0.3 is 0 Å². The maximum atomic E-state index is 9.52. The van der Waals surface area contributed by atoms with Crippen LogP contribution in [0.3, 0.4) is 0 Å². The third kappa shape index (κ3) is 3.26. The molecule has 2 heteroatoms. The molecular formula is C16H25NO. The van der Waals surface area contributed by atoms with E-state index in [0.29, 0.717) is 5.41 Å². The van der Waals surface area contributed by atoms with E-state index in [-0.39, 0.29) is 6.10 Å². The van der Waals surface area contributed by atoms with Gasteiger partial charge < -0.3 is 10.0 Å². The van der Waals surface area contributed by atoms with Gasteiger partial charge in [0.25, 0.3) is 0 Å². The number of benzene rings is 1. The fourth-order valence-electron chi connectivity index (χ4n) is 2.64. The summed E-state index contributed by atoms with van der Waals surface area (Å²) in [6, 6.07) is 8.35. The van der Waals surface area contributed by atoms with Gasteiger partial charge in [-0.1, -0.05) is 26.0 Å². The molecule has 1 aliphatic rings. The Morgan fingerprint density at radius 2 is 1.78 bits per heavy atom. The summed E-state index contributed by atoms with van der Waals surface area (Å²) in [5.74, 6) is 0. The van der Waals surface area contributed by atoms with Gasteiger partial charge in [-0.25, -0.2) is 0 Å². The molecule has 1 aliphatic heterocycles.